The molecule has 1 rings (SSSR count). The monoisotopic (exact) mass is 313 g/mol. The van der Waals surface area contributed by atoms with Crippen molar-refractivity contribution in [2.24, 2.45) is 0 Å². The van der Waals surface area contributed by atoms with Gasteiger partial charge in [-0.25, -0.2) is 9.59 Å². The smallest absolute Gasteiger partial charge is 0.337 e. The van der Waals surface area contributed by atoms with E-state index in [1.54, 1.807) is 6.92 Å². The molecule has 114 valence electrons. The highest BCUT2D eigenvalue weighted by Crippen LogP contribution is 2.20. The van der Waals surface area contributed by atoms with Gasteiger partial charge in [0.2, 0.25) is 5.91 Å². The lowest BCUT2D eigenvalue weighted by molar-refractivity contribution is -0.120. The molecule has 0 aliphatic heterocycles. The second-order valence-corrected chi connectivity index (χ2v) is 4.49. The number of urea groups is 1. The second-order valence-electron chi connectivity index (χ2n) is 4.08. The van der Waals surface area contributed by atoms with Gasteiger partial charge < -0.3 is 21.1 Å². The predicted molar refractivity (Wildman–Crippen MR) is 78.7 cm³/mol. The minimum Gasteiger partial charge on any atom is -0.478 e. The molecule has 7 nitrogen and oxygen atoms in total. The largest absolute Gasteiger partial charge is 0.478 e. The number of carbonyl (C=O) groups excluding carboxylic acids is 2. The molecule has 21 heavy (non-hydrogen) atoms. The molecule has 0 aliphatic carbocycles. The zero-order valence-corrected chi connectivity index (χ0v) is 12.2. The van der Waals surface area contributed by atoms with E-state index in [-0.39, 0.29) is 29.5 Å². The molecule has 4 N–H and O–H groups in total. The number of anilines is 1. The summed E-state index contributed by atoms with van der Waals surface area (Å²) in [7, 11) is 0. The van der Waals surface area contributed by atoms with Crippen LogP contribution in [0.25, 0.3) is 0 Å². The van der Waals surface area contributed by atoms with Gasteiger partial charge in [-0.2, -0.15) is 0 Å². The molecule has 0 spiro atoms. The van der Waals surface area contributed by atoms with Crippen LogP contribution in [0, 0.1) is 0 Å². The van der Waals surface area contributed by atoms with Gasteiger partial charge in [0.05, 0.1) is 10.6 Å². The molecule has 8 heteroatoms. The third-order valence-electron chi connectivity index (χ3n) is 2.47. The fourth-order valence-electron chi connectivity index (χ4n) is 1.52. The van der Waals surface area contributed by atoms with Crippen molar-refractivity contribution in [3.05, 3.63) is 28.8 Å². The number of carbonyl (C=O) groups is 3. The summed E-state index contributed by atoms with van der Waals surface area (Å²) in [6.07, 6.45) is 0.169. The highest BCUT2D eigenvalue weighted by molar-refractivity contribution is 6.33. The summed E-state index contributed by atoms with van der Waals surface area (Å²) in [6.45, 7) is 2.52. The van der Waals surface area contributed by atoms with Crippen molar-refractivity contribution in [1.82, 2.24) is 10.6 Å². The molecule has 0 saturated heterocycles. The maximum absolute atomic E-state index is 11.6. The Morgan fingerprint density at radius 3 is 2.57 bits per heavy atom. The maximum atomic E-state index is 11.6. The lowest BCUT2D eigenvalue weighted by atomic mass is 10.2. The van der Waals surface area contributed by atoms with Gasteiger partial charge in [-0.05, 0) is 25.1 Å². The summed E-state index contributed by atoms with van der Waals surface area (Å²) >= 11 is 5.72. The van der Waals surface area contributed by atoms with Crippen LogP contribution in [-0.2, 0) is 4.79 Å². The average Bonchev–Trinajstić information content (AvgIpc) is 2.41. The molecule has 0 aliphatic rings. The van der Waals surface area contributed by atoms with E-state index in [4.69, 9.17) is 16.7 Å². The average molecular weight is 314 g/mol. The van der Waals surface area contributed by atoms with E-state index in [0.29, 0.717) is 12.2 Å². The maximum Gasteiger partial charge on any atom is 0.337 e. The van der Waals surface area contributed by atoms with Crippen LogP contribution in [0.1, 0.15) is 23.7 Å². The van der Waals surface area contributed by atoms with Crippen molar-refractivity contribution >= 4 is 35.2 Å². The van der Waals surface area contributed by atoms with Crippen molar-refractivity contribution < 1.29 is 19.5 Å². The van der Waals surface area contributed by atoms with E-state index in [9.17, 15) is 14.4 Å². The van der Waals surface area contributed by atoms with Gasteiger partial charge in [-0.1, -0.05) is 11.6 Å². The Kier molecular flexibility index (Phi) is 6.48. The van der Waals surface area contributed by atoms with Crippen molar-refractivity contribution in [3.63, 3.8) is 0 Å². The molecule has 0 atom stereocenters. The first-order chi connectivity index (χ1) is 9.93. The lowest BCUT2D eigenvalue weighted by Gasteiger charge is -2.09. The molecule has 0 radical (unpaired) electrons. The number of hydrogen-bond donors (Lipinski definition) is 4. The van der Waals surface area contributed by atoms with Crippen LogP contribution >= 0.6 is 11.6 Å². The zero-order valence-electron chi connectivity index (χ0n) is 11.4. The summed E-state index contributed by atoms with van der Waals surface area (Å²) in [4.78, 5) is 33.7. The molecule has 1 aromatic carbocycles. The zero-order chi connectivity index (χ0) is 15.8. The van der Waals surface area contributed by atoms with Crippen LogP contribution in [0.15, 0.2) is 18.2 Å². The quantitative estimate of drug-likeness (QED) is 0.641. The van der Waals surface area contributed by atoms with Crippen LogP contribution in [0.4, 0.5) is 10.5 Å². The van der Waals surface area contributed by atoms with Crippen molar-refractivity contribution in [1.29, 1.82) is 0 Å². The first kappa shape index (κ1) is 16.8. The van der Waals surface area contributed by atoms with Crippen molar-refractivity contribution in [2.45, 2.75) is 13.3 Å². The minimum absolute atomic E-state index is 0.0877. The van der Waals surface area contributed by atoms with Gasteiger partial charge in [0.15, 0.2) is 0 Å². The van der Waals surface area contributed by atoms with Crippen LogP contribution in [-0.4, -0.2) is 36.1 Å². The van der Waals surface area contributed by atoms with E-state index in [0.717, 1.165) is 0 Å². The Morgan fingerprint density at radius 1 is 1.24 bits per heavy atom. The number of amides is 3. The van der Waals surface area contributed by atoms with Crippen LogP contribution < -0.4 is 16.0 Å². The summed E-state index contributed by atoms with van der Waals surface area (Å²) < 4.78 is 0. The molecular formula is C13H16ClN3O4. The van der Waals surface area contributed by atoms with E-state index in [2.05, 4.69) is 16.0 Å². The molecule has 3 amide bonds. The van der Waals surface area contributed by atoms with E-state index < -0.39 is 12.0 Å². The van der Waals surface area contributed by atoms with E-state index in [1.165, 1.54) is 18.2 Å². The summed E-state index contributed by atoms with van der Waals surface area (Å²) in [6, 6.07) is 3.60. The molecule has 0 heterocycles. The number of hydrogen-bond acceptors (Lipinski definition) is 3. The van der Waals surface area contributed by atoms with Crippen molar-refractivity contribution in [2.75, 3.05) is 18.4 Å². The minimum atomic E-state index is -1.18. The number of nitrogens with one attached hydrogen (secondary N) is 3. The first-order valence-corrected chi connectivity index (χ1v) is 6.66. The van der Waals surface area contributed by atoms with Crippen molar-refractivity contribution in [3.8, 4) is 0 Å². The Labute approximate surface area is 126 Å². The van der Waals surface area contributed by atoms with Gasteiger partial charge in [0.1, 0.15) is 0 Å². The number of benzene rings is 1. The Balaban J connectivity index is 2.50. The molecule has 0 saturated carbocycles. The van der Waals surface area contributed by atoms with Crippen LogP contribution in [0.3, 0.4) is 0 Å². The fourth-order valence-corrected chi connectivity index (χ4v) is 1.72. The van der Waals surface area contributed by atoms with Gasteiger partial charge in [-0.3, -0.25) is 4.79 Å². The second kappa shape index (κ2) is 8.11. The Hall–Kier alpha value is -2.28. The topological polar surface area (TPSA) is 108 Å². The van der Waals surface area contributed by atoms with Crippen LogP contribution in [0.5, 0.6) is 0 Å². The highest BCUT2D eigenvalue weighted by Gasteiger charge is 2.10. The Morgan fingerprint density at radius 2 is 1.95 bits per heavy atom. The Bertz CT molecular complexity index is 548. The third kappa shape index (κ3) is 5.70. The predicted octanol–water partition coefficient (Wildman–Crippen LogP) is 1.69. The molecule has 0 fully saturated rings. The number of rotatable bonds is 6. The molecule has 0 aromatic heterocycles. The fraction of sp³-hybridized carbons (Fsp3) is 0.308. The number of aromatic carboxylic acids is 1. The standard InChI is InChI=1S/C13H16ClN3O4/c1-2-15-11(18)5-6-16-13(21)17-8-3-4-10(14)9(7-8)12(19)20/h3-4,7H,2,5-6H2,1H3,(H,15,18)(H,19,20)(H2,16,17,21). The summed E-state index contributed by atoms with van der Waals surface area (Å²) in [5.74, 6) is -1.34. The molecule has 1 aromatic rings. The molecule has 0 bridgehead atoms. The normalized spacial score (nSPS) is 9.81. The van der Waals surface area contributed by atoms with Gasteiger partial charge in [0.25, 0.3) is 0 Å². The van der Waals surface area contributed by atoms with Gasteiger partial charge >= 0.3 is 12.0 Å². The number of carboxylic acids is 1. The van der Waals surface area contributed by atoms with Gasteiger partial charge in [0, 0.05) is 25.2 Å². The summed E-state index contributed by atoms with van der Waals surface area (Å²) in [5.41, 5.74) is 0.198. The molecule has 0 unspecified atom stereocenters. The lowest BCUT2D eigenvalue weighted by Crippen LogP contribution is -2.33. The summed E-state index contributed by atoms with van der Waals surface area (Å²) in [5, 5.41) is 16.6. The first-order valence-electron chi connectivity index (χ1n) is 6.28. The van der Waals surface area contributed by atoms with E-state index >= 15 is 0 Å². The van der Waals surface area contributed by atoms with Crippen LogP contribution in [0.2, 0.25) is 5.02 Å². The van der Waals surface area contributed by atoms with E-state index in [1.807, 2.05) is 0 Å². The number of carboxylic acid groups (broad SMARTS) is 1. The third-order valence-corrected chi connectivity index (χ3v) is 2.80. The highest BCUT2D eigenvalue weighted by atomic mass is 35.5. The molecular weight excluding hydrogens is 298 g/mol. The van der Waals surface area contributed by atoms with Gasteiger partial charge in [-0.15, -0.1) is 0 Å². The number of halogens is 1. The SMILES string of the molecule is CCNC(=O)CCNC(=O)Nc1ccc(Cl)c(C(=O)O)c1.